The van der Waals surface area contributed by atoms with Crippen molar-refractivity contribution in [1.29, 1.82) is 0 Å². The second-order valence-electron chi connectivity index (χ2n) is 5.43. The molecule has 2 aromatic heterocycles. The molecule has 0 aliphatic heterocycles. The molecule has 0 spiro atoms. The van der Waals surface area contributed by atoms with Crippen molar-refractivity contribution in [2.24, 2.45) is 0 Å². The number of hydrogen-bond donors (Lipinski definition) is 0. The molecule has 4 rings (SSSR count). The van der Waals surface area contributed by atoms with Gasteiger partial charge in [0.1, 0.15) is 0 Å². The van der Waals surface area contributed by atoms with Crippen LogP contribution in [0.1, 0.15) is 5.56 Å². The average molecular weight is 345 g/mol. The van der Waals surface area contributed by atoms with Crippen LogP contribution in [0.2, 0.25) is 0 Å². The molecule has 0 bridgehead atoms. The molecule has 2 aromatic carbocycles. The van der Waals surface area contributed by atoms with Gasteiger partial charge in [0.25, 0.3) is 5.89 Å². The van der Waals surface area contributed by atoms with Gasteiger partial charge in [-0.1, -0.05) is 47.6 Å². The van der Waals surface area contributed by atoms with Gasteiger partial charge < -0.3 is 4.52 Å². The number of benzene rings is 2. The van der Waals surface area contributed by atoms with Crippen LogP contribution in [0.15, 0.2) is 88.5 Å². The van der Waals surface area contributed by atoms with E-state index in [2.05, 4.69) is 45.5 Å². The lowest BCUT2D eigenvalue weighted by Crippen LogP contribution is -1.85. The minimum absolute atomic E-state index is 0.531. The summed E-state index contributed by atoms with van der Waals surface area (Å²) in [5.74, 6) is 1.99. The molecule has 0 radical (unpaired) electrons. The van der Waals surface area contributed by atoms with E-state index in [1.165, 1.54) is 5.56 Å². The standard InChI is InChI=1S/C20H15N3OS/c1-2-6-15(7-3-1)14-25-18-9-5-4-8-17(18)20-22-19(23-24-20)16-10-12-21-13-11-16/h1-13H,14H2. The van der Waals surface area contributed by atoms with Gasteiger partial charge in [-0.25, -0.2) is 0 Å². The van der Waals surface area contributed by atoms with E-state index in [4.69, 9.17) is 4.52 Å². The summed E-state index contributed by atoms with van der Waals surface area (Å²) in [5.41, 5.74) is 3.13. The van der Waals surface area contributed by atoms with Crippen LogP contribution < -0.4 is 0 Å². The SMILES string of the molecule is c1ccc(CSc2ccccc2-c2nc(-c3ccncc3)no2)cc1. The molecular formula is C20H15N3OS. The Balaban J connectivity index is 1.60. The molecule has 0 fully saturated rings. The Hall–Kier alpha value is -2.92. The molecule has 25 heavy (non-hydrogen) atoms. The highest BCUT2D eigenvalue weighted by Crippen LogP contribution is 2.33. The fourth-order valence-electron chi connectivity index (χ4n) is 2.46. The van der Waals surface area contributed by atoms with E-state index < -0.39 is 0 Å². The molecule has 4 aromatic rings. The predicted octanol–water partition coefficient (Wildman–Crippen LogP) is 5.09. The highest BCUT2D eigenvalue weighted by Gasteiger charge is 2.14. The monoisotopic (exact) mass is 345 g/mol. The van der Waals surface area contributed by atoms with E-state index in [1.807, 2.05) is 36.4 Å². The zero-order valence-electron chi connectivity index (χ0n) is 13.4. The fourth-order valence-corrected chi connectivity index (χ4v) is 3.46. The first kappa shape index (κ1) is 15.6. The van der Waals surface area contributed by atoms with E-state index >= 15 is 0 Å². The van der Waals surface area contributed by atoms with E-state index in [9.17, 15) is 0 Å². The van der Waals surface area contributed by atoms with Gasteiger partial charge in [-0.3, -0.25) is 4.98 Å². The lowest BCUT2D eigenvalue weighted by atomic mass is 10.2. The number of aromatic nitrogens is 3. The number of pyridine rings is 1. The van der Waals surface area contributed by atoms with Gasteiger partial charge in [0.2, 0.25) is 5.82 Å². The van der Waals surface area contributed by atoms with Gasteiger partial charge in [0.05, 0.1) is 5.56 Å². The Morgan fingerprint density at radius 1 is 0.840 bits per heavy atom. The molecule has 0 N–H and O–H groups in total. The molecule has 2 heterocycles. The Kier molecular flexibility index (Phi) is 4.57. The predicted molar refractivity (Wildman–Crippen MR) is 99.0 cm³/mol. The molecule has 0 saturated carbocycles. The minimum atomic E-state index is 0.531. The van der Waals surface area contributed by atoms with Crippen molar-refractivity contribution in [2.45, 2.75) is 10.6 Å². The van der Waals surface area contributed by atoms with Crippen LogP contribution in [-0.2, 0) is 5.75 Å². The molecule has 122 valence electrons. The number of thioether (sulfide) groups is 1. The molecule has 0 aliphatic rings. The quantitative estimate of drug-likeness (QED) is 0.472. The van der Waals surface area contributed by atoms with Gasteiger partial charge in [-0.15, -0.1) is 11.8 Å². The molecule has 5 heteroatoms. The van der Waals surface area contributed by atoms with Crippen molar-refractivity contribution in [1.82, 2.24) is 15.1 Å². The molecule has 0 amide bonds. The summed E-state index contributed by atoms with van der Waals surface area (Å²) in [7, 11) is 0. The largest absolute Gasteiger partial charge is 0.334 e. The molecule has 4 nitrogen and oxygen atoms in total. The maximum Gasteiger partial charge on any atom is 0.259 e. The first-order valence-electron chi connectivity index (χ1n) is 7.90. The Bertz CT molecular complexity index is 955. The molecule has 0 aliphatic carbocycles. The maximum atomic E-state index is 5.50. The lowest BCUT2D eigenvalue weighted by molar-refractivity contribution is 0.431. The third kappa shape index (κ3) is 3.61. The van der Waals surface area contributed by atoms with Gasteiger partial charge >= 0.3 is 0 Å². The fraction of sp³-hybridized carbons (Fsp3) is 0.0500. The minimum Gasteiger partial charge on any atom is -0.334 e. The van der Waals surface area contributed by atoms with Crippen LogP contribution in [0.3, 0.4) is 0 Å². The van der Waals surface area contributed by atoms with Crippen molar-refractivity contribution in [3.8, 4) is 22.8 Å². The van der Waals surface area contributed by atoms with E-state index in [0.29, 0.717) is 11.7 Å². The third-order valence-electron chi connectivity index (χ3n) is 3.72. The zero-order chi connectivity index (χ0) is 16.9. The first-order chi connectivity index (χ1) is 12.4. The van der Waals surface area contributed by atoms with E-state index in [-0.39, 0.29) is 0 Å². The lowest BCUT2D eigenvalue weighted by Gasteiger charge is -2.05. The Labute approximate surface area is 149 Å². The number of nitrogens with zero attached hydrogens (tertiary/aromatic N) is 3. The van der Waals surface area contributed by atoms with Crippen LogP contribution in [0.5, 0.6) is 0 Å². The van der Waals surface area contributed by atoms with Crippen LogP contribution in [0.4, 0.5) is 0 Å². The average Bonchev–Trinajstić information content (AvgIpc) is 3.18. The summed E-state index contributed by atoms with van der Waals surface area (Å²) in [4.78, 5) is 9.68. The first-order valence-corrected chi connectivity index (χ1v) is 8.89. The highest BCUT2D eigenvalue weighted by atomic mass is 32.2. The summed E-state index contributed by atoms with van der Waals surface area (Å²) in [6.07, 6.45) is 3.43. The third-order valence-corrected chi connectivity index (χ3v) is 4.86. The molecule has 0 unspecified atom stereocenters. The molecule has 0 atom stereocenters. The van der Waals surface area contributed by atoms with Crippen LogP contribution in [0.25, 0.3) is 22.8 Å². The van der Waals surface area contributed by atoms with E-state index in [1.54, 1.807) is 24.2 Å². The number of rotatable bonds is 5. The molecular weight excluding hydrogens is 330 g/mol. The summed E-state index contributed by atoms with van der Waals surface area (Å²) in [6, 6.07) is 22.2. The van der Waals surface area contributed by atoms with Gasteiger partial charge in [0, 0.05) is 28.6 Å². The number of hydrogen-bond acceptors (Lipinski definition) is 5. The molecule has 0 saturated heterocycles. The Morgan fingerprint density at radius 2 is 1.60 bits per heavy atom. The zero-order valence-corrected chi connectivity index (χ0v) is 14.2. The van der Waals surface area contributed by atoms with Crippen LogP contribution in [-0.4, -0.2) is 15.1 Å². The second-order valence-corrected chi connectivity index (χ2v) is 6.45. The second kappa shape index (κ2) is 7.32. The van der Waals surface area contributed by atoms with Crippen molar-refractivity contribution < 1.29 is 4.52 Å². The smallest absolute Gasteiger partial charge is 0.259 e. The van der Waals surface area contributed by atoms with Gasteiger partial charge in [-0.05, 0) is 29.8 Å². The normalized spacial score (nSPS) is 10.7. The van der Waals surface area contributed by atoms with Crippen molar-refractivity contribution >= 4 is 11.8 Å². The van der Waals surface area contributed by atoms with Crippen LogP contribution >= 0.6 is 11.8 Å². The summed E-state index contributed by atoms with van der Waals surface area (Å²) < 4.78 is 5.50. The maximum absolute atomic E-state index is 5.50. The van der Waals surface area contributed by atoms with Crippen LogP contribution in [0, 0.1) is 0 Å². The Morgan fingerprint density at radius 3 is 2.44 bits per heavy atom. The van der Waals surface area contributed by atoms with Gasteiger partial charge in [-0.2, -0.15) is 4.98 Å². The van der Waals surface area contributed by atoms with E-state index in [0.717, 1.165) is 21.8 Å². The van der Waals surface area contributed by atoms with Gasteiger partial charge in [0.15, 0.2) is 0 Å². The van der Waals surface area contributed by atoms with Crippen molar-refractivity contribution in [2.75, 3.05) is 0 Å². The van der Waals surface area contributed by atoms with Crippen molar-refractivity contribution in [3.63, 3.8) is 0 Å². The summed E-state index contributed by atoms with van der Waals surface area (Å²) in [5, 5.41) is 4.10. The summed E-state index contributed by atoms with van der Waals surface area (Å²) in [6.45, 7) is 0. The van der Waals surface area contributed by atoms with Crippen molar-refractivity contribution in [3.05, 3.63) is 84.7 Å². The summed E-state index contributed by atoms with van der Waals surface area (Å²) >= 11 is 1.76. The topological polar surface area (TPSA) is 51.8 Å². The highest BCUT2D eigenvalue weighted by molar-refractivity contribution is 7.98.